The maximum atomic E-state index is 12.7. The fraction of sp³-hybridized carbons (Fsp3) is 0.333. The SMILES string of the molecule is COC(=O)[C@@H]1C[C@H](NC(=O)c2ccccc2OC)CN1Cc1ccccc1. The van der Waals surface area contributed by atoms with Gasteiger partial charge in [0.05, 0.1) is 19.8 Å². The summed E-state index contributed by atoms with van der Waals surface area (Å²) >= 11 is 0. The van der Waals surface area contributed by atoms with Crippen molar-refractivity contribution in [3.8, 4) is 5.75 Å². The van der Waals surface area contributed by atoms with Crippen molar-refractivity contribution in [1.29, 1.82) is 0 Å². The van der Waals surface area contributed by atoms with Gasteiger partial charge in [0, 0.05) is 19.1 Å². The topological polar surface area (TPSA) is 67.9 Å². The number of benzene rings is 2. The number of hydrogen-bond acceptors (Lipinski definition) is 5. The van der Waals surface area contributed by atoms with Gasteiger partial charge in [0.25, 0.3) is 5.91 Å². The molecule has 1 amide bonds. The minimum atomic E-state index is -0.377. The summed E-state index contributed by atoms with van der Waals surface area (Å²) in [6.07, 6.45) is 0.514. The number of carbonyl (C=O) groups is 2. The second-order valence-electron chi connectivity index (χ2n) is 6.56. The summed E-state index contributed by atoms with van der Waals surface area (Å²) in [6, 6.07) is 16.5. The number of esters is 1. The lowest BCUT2D eigenvalue weighted by molar-refractivity contribution is -0.146. The highest BCUT2D eigenvalue weighted by atomic mass is 16.5. The Balaban J connectivity index is 1.71. The molecule has 1 fully saturated rings. The average molecular weight is 368 g/mol. The number of para-hydroxylation sites is 1. The average Bonchev–Trinajstić information content (AvgIpc) is 3.10. The normalized spacial score (nSPS) is 19.5. The predicted octanol–water partition coefficient (Wildman–Crippen LogP) is 2.24. The molecule has 2 aromatic rings. The van der Waals surface area contributed by atoms with Crippen LogP contribution in [0.4, 0.5) is 0 Å². The molecule has 1 saturated heterocycles. The van der Waals surface area contributed by atoms with Crippen LogP contribution in [0.2, 0.25) is 0 Å². The first-order chi connectivity index (χ1) is 13.1. The Kier molecular flexibility index (Phi) is 6.08. The Labute approximate surface area is 159 Å². The molecule has 2 atom stereocenters. The van der Waals surface area contributed by atoms with Gasteiger partial charge < -0.3 is 14.8 Å². The third-order valence-electron chi connectivity index (χ3n) is 4.79. The number of nitrogens with one attached hydrogen (secondary N) is 1. The van der Waals surface area contributed by atoms with Crippen LogP contribution in [-0.4, -0.2) is 49.6 Å². The Morgan fingerprint density at radius 1 is 1.07 bits per heavy atom. The second kappa shape index (κ2) is 8.68. The zero-order chi connectivity index (χ0) is 19.2. The summed E-state index contributed by atoms with van der Waals surface area (Å²) in [5.74, 6) is 0.0428. The first-order valence-corrected chi connectivity index (χ1v) is 8.92. The lowest BCUT2D eigenvalue weighted by Gasteiger charge is -2.22. The molecule has 1 aliphatic heterocycles. The van der Waals surface area contributed by atoms with E-state index in [4.69, 9.17) is 9.47 Å². The van der Waals surface area contributed by atoms with Crippen LogP contribution in [0.25, 0.3) is 0 Å². The van der Waals surface area contributed by atoms with Crippen molar-refractivity contribution in [2.75, 3.05) is 20.8 Å². The quantitative estimate of drug-likeness (QED) is 0.792. The van der Waals surface area contributed by atoms with E-state index in [1.165, 1.54) is 14.2 Å². The molecule has 1 N–H and O–H groups in total. The smallest absolute Gasteiger partial charge is 0.323 e. The Hall–Kier alpha value is -2.86. The van der Waals surface area contributed by atoms with Crippen LogP contribution in [0, 0.1) is 0 Å². The maximum absolute atomic E-state index is 12.7. The zero-order valence-electron chi connectivity index (χ0n) is 15.6. The molecule has 0 radical (unpaired) electrons. The molecular weight excluding hydrogens is 344 g/mol. The zero-order valence-corrected chi connectivity index (χ0v) is 15.6. The first-order valence-electron chi connectivity index (χ1n) is 8.92. The monoisotopic (exact) mass is 368 g/mol. The first kappa shape index (κ1) is 18.9. The van der Waals surface area contributed by atoms with E-state index >= 15 is 0 Å². The van der Waals surface area contributed by atoms with E-state index < -0.39 is 0 Å². The van der Waals surface area contributed by atoms with Crippen LogP contribution >= 0.6 is 0 Å². The lowest BCUT2D eigenvalue weighted by atomic mass is 10.1. The molecule has 27 heavy (non-hydrogen) atoms. The predicted molar refractivity (Wildman–Crippen MR) is 102 cm³/mol. The fourth-order valence-corrected chi connectivity index (χ4v) is 3.48. The second-order valence-corrected chi connectivity index (χ2v) is 6.56. The van der Waals surface area contributed by atoms with Gasteiger partial charge >= 0.3 is 5.97 Å². The number of likely N-dealkylation sites (tertiary alicyclic amines) is 1. The van der Waals surface area contributed by atoms with Crippen molar-refractivity contribution < 1.29 is 19.1 Å². The molecule has 142 valence electrons. The van der Waals surface area contributed by atoms with E-state index in [0.717, 1.165) is 5.56 Å². The molecular formula is C21H24N2O4. The van der Waals surface area contributed by atoms with E-state index in [2.05, 4.69) is 5.32 Å². The highest BCUT2D eigenvalue weighted by Crippen LogP contribution is 2.23. The standard InChI is InChI=1S/C21H24N2O4/c1-26-19-11-7-6-10-17(19)20(24)22-16-12-18(21(25)27-2)23(14-16)13-15-8-4-3-5-9-15/h3-11,16,18H,12-14H2,1-2H3,(H,22,24)/t16-,18-/m0/s1. The van der Waals surface area contributed by atoms with Gasteiger partial charge in [-0.1, -0.05) is 42.5 Å². The van der Waals surface area contributed by atoms with E-state index in [9.17, 15) is 9.59 Å². The molecule has 0 spiro atoms. The van der Waals surface area contributed by atoms with Gasteiger partial charge in [0.15, 0.2) is 0 Å². The van der Waals surface area contributed by atoms with Crippen molar-refractivity contribution >= 4 is 11.9 Å². The number of ether oxygens (including phenoxy) is 2. The third kappa shape index (κ3) is 4.46. The van der Waals surface area contributed by atoms with Gasteiger partial charge in [-0.05, 0) is 24.1 Å². The summed E-state index contributed by atoms with van der Waals surface area (Å²) in [7, 11) is 2.93. The van der Waals surface area contributed by atoms with E-state index in [0.29, 0.717) is 30.8 Å². The summed E-state index contributed by atoms with van der Waals surface area (Å²) in [6.45, 7) is 1.21. The Morgan fingerprint density at radius 2 is 1.78 bits per heavy atom. The molecule has 1 aliphatic rings. The van der Waals surface area contributed by atoms with Crippen molar-refractivity contribution in [3.63, 3.8) is 0 Å². The highest BCUT2D eigenvalue weighted by molar-refractivity contribution is 5.97. The van der Waals surface area contributed by atoms with Gasteiger partial charge in [0.1, 0.15) is 11.8 Å². The van der Waals surface area contributed by atoms with Crippen LogP contribution in [0.15, 0.2) is 54.6 Å². The summed E-state index contributed by atoms with van der Waals surface area (Å²) in [5, 5.41) is 3.03. The number of methoxy groups -OCH3 is 2. The lowest BCUT2D eigenvalue weighted by Crippen LogP contribution is -2.37. The molecule has 0 unspecified atom stereocenters. The van der Waals surface area contributed by atoms with Gasteiger partial charge in [-0.3, -0.25) is 14.5 Å². The molecule has 6 nitrogen and oxygen atoms in total. The molecule has 0 saturated carbocycles. The third-order valence-corrected chi connectivity index (χ3v) is 4.79. The molecule has 3 rings (SSSR count). The minimum absolute atomic E-state index is 0.143. The Bertz CT molecular complexity index is 794. The summed E-state index contributed by atoms with van der Waals surface area (Å²) in [5.41, 5.74) is 1.60. The van der Waals surface area contributed by atoms with Crippen LogP contribution in [0.5, 0.6) is 5.75 Å². The van der Waals surface area contributed by atoms with Crippen LogP contribution in [0.1, 0.15) is 22.3 Å². The molecule has 2 aromatic carbocycles. The molecule has 0 aromatic heterocycles. The number of carbonyl (C=O) groups excluding carboxylic acids is 2. The van der Waals surface area contributed by atoms with Crippen LogP contribution < -0.4 is 10.1 Å². The summed E-state index contributed by atoms with van der Waals surface area (Å²) < 4.78 is 10.2. The molecule has 1 heterocycles. The molecule has 0 aliphatic carbocycles. The Morgan fingerprint density at radius 3 is 2.48 bits per heavy atom. The highest BCUT2D eigenvalue weighted by Gasteiger charge is 2.38. The van der Waals surface area contributed by atoms with E-state index in [-0.39, 0.29) is 24.0 Å². The minimum Gasteiger partial charge on any atom is -0.496 e. The molecule has 6 heteroatoms. The van der Waals surface area contributed by atoms with Crippen molar-refractivity contribution in [3.05, 3.63) is 65.7 Å². The van der Waals surface area contributed by atoms with Gasteiger partial charge in [-0.15, -0.1) is 0 Å². The maximum Gasteiger partial charge on any atom is 0.323 e. The van der Waals surface area contributed by atoms with Gasteiger partial charge in [-0.2, -0.15) is 0 Å². The van der Waals surface area contributed by atoms with Gasteiger partial charge in [0.2, 0.25) is 0 Å². The van der Waals surface area contributed by atoms with Gasteiger partial charge in [-0.25, -0.2) is 0 Å². The van der Waals surface area contributed by atoms with Crippen LogP contribution in [-0.2, 0) is 16.1 Å². The van der Waals surface area contributed by atoms with Crippen molar-refractivity contribution in [2.45, 2.75) is 25.0 Å². The van der Waals surface area contributed by atoms with E-state index in [1.807, 2.05) is 41.3 Å². The number of rotatable bonds is 6. The number of hydrogen-bond donors (Lipinski definition) is 1. The number of amides is 1. The summed E-state index contributed by atoms with van der Waals surface area (Å²) in [4.78, 5) is 26.9. The van der Waals surface area contributed by atoms with E-state index in [1.54, 1.807) is 18.2 Å². The number of nitrogens with zero attached hydrogens (tertiary/aromatic N) is 1. The largest absolute Gasteiger partial charge is 0.496 e. The van der Waals surface area contributed by atoms with Crippen molar-refractivity contribution in [1.82, 2.24) is 10.2 Å². The van der Waals surface area contributed by atoms with Crippen LogP contribution in [0.3, 0.4) is 0 Å². The molecule has 0 bridgehead atoms. The fourth-order valence-electron chi connectivity index (χ4n) is 3.48. The van der Waals surface area contributed by atoms with Crippen molar-refractivity contribution in [2.24, 2.45) is 0 Å².